The van der Waals surface area contributed by atoms with Gasteiger partial charge in [-0.1, -0.05) is 18.2 Å². The quantitative estimate of drug-likeness (QED) is 0.422. The van der Waals surface area contributed by atoms with Gasteiger partial charge >= 0.3 is 94.1 Å². The number of phenolic OH excluding ortho intramolecular Hbond substituents is 1. The maximum atomic E-state index is 10.9. The molecule has 0 spiro atoms. The van der Waals surface area contributed by atoms with Gasteiger partial charge in [0.2, 0.25) is 0 Å². The normalized spacial score (nSPS) is 10.8. The molecule has 1 amide bonds. The van der Waals surface area contributed by atoms with Crippen LogP contribution in [-0.4, -0.2) is 44.1 Å². The van der Waals surface area contributed by atoms with Crippen LogP contribution in [0.15, 0.2) is 48.5 Å². The number of carbonyl (C=O) groups excluding carboxylic acids is 2. The van der Waals surface area contributed by atoms with E-state index in [-0.39, 0.29) is 17.6 Å². The van der Waals surface area contributed by atoms with Crippen molar-refractivity contribution in [1.82, 2.24) is 4.73 Å². The van der Waals surface area contributed by atoms with E-state index in [0.717, 1.165) is 28.7 Å². The summed E-state index contributed by atoms with van der Waals surface area (Å²) in [6, 6.07) is 13.3. The summed E-state index contributed by atoms with van der Waals surface area (Å²) in [7, 11) is 0. The standard InChI is InChI=1S/C11H11NO2.C8H10AsNO5/c1-8-7-10-5-3-4-6-11(10)12(8)14-9(2)13;1-5(11)10-6-2-3-7(8(12)4-6)9(13,14)15/h3-7H,1-2H3;2-4,12H,1H3,(H,10,11)(H2,13,14,15). The van der Waals surface area contributed by atoms with E-state index >= 15 is 0 Å². The summed E-state index contributed by atoms with van der Waals surface area (Å²) in [5.74, 6) is -1.16. The van der Waals surface area contributed by atoms with Gasteiger partial charge in [0.25, 0.3) is 0 Å². The second kappa shape index (κ2) is 9.00. The molecule has 9 nitrogen and oxygen atoms in total. The Morgan fingerprint density at radius 2 is 1.72 bits per heavy atom. The molecule has 0 fully saturated rings. The predicted octanol–water partition coefficient (Wildman–Crippen LogP) is 0.836. The molecular formula is C19H21AsN2O7. The fourth-order valence-corrected chi connectivity index (χ4v) is 3.89. The summed E-state index contributed by atoms with van der Waals surface area (Å²) in [6.45, 7) is 4.59. The maximum Gasteiger partial charge on any atom is 0.329 e. The topological polar surface area (TPSA) is 138 Å². The predicted molar refractivity (Wildman–Crippen MR) is 107 cm³/mol. The maximum absolute atomic E-state index is 10.9. The fraction of sp³-hybridized carbons (Fsp3) is 0.158. The van der Waals surface area contributed by atoms with Gasteiger partial charge in [-0.05, 0) is 19.1 Å². The van der Waals surface area contributed by atoms with Gasteiger partial charge in [-0.25, -0.2) is 4.79 Å². The van der Waals surface area contributed by atoms with E-state index in [9.17, 15) is 18.4 Å². The van der Waals surface area contributed by atoms with E-state index in [4.69, 9.17) is 13.0 Å². The number of carbonyl (C=O) groups is 2. The van der Waals surface area contributed by atoms with E-state index in [2.05, 4.69) is 5.32 Å². The van der Waals surface area contributed by atoms with Crippen LogP contribution >= 0.6 is 0 Å². The molecule has 0 atom stereocenters. The van der Waals surface area contributed by atoms with Crippen LogP contribution in [0.3, 0.4) is 0 Å². The van der Waals surface area contributed by atoms with Crippen molar-refractivity contribution in [3.63, 3.8) is 0 Å². The molecular weight excluding hydrogens is 443 g/mol. The minimum absolute atomic E-state index is 0.285. The molecule has 1 heterocycles. The smallest absolute Gasteiger partial charge is 0.329 e. The molecule has 1 aromatic heterocycles. The van der Waals surface area contributed by atoms with Crippen LogP contribution in [0.5, 0.6) is 5.75 Å². The van der Waals surface area contributed by atoms with E-state index in [1.807, 2.05) is 37.3 Å². The second-order valence-electron chi connectivity index (χ2n) is 6.15. The summed E-state index contributed by atoms with van der Waals surface area (Å²) < 4.78 is 29.8. The zero-order valence-electron chi connectivity index (χ0n) is 16.0. The van der Waals surface area contributed by atoms with Gasteiger partial charge in [-0.3, -0.25) is 0 Å². The molecule has 29 heavy (non-hydrogen) atoms. The van der Waals surface area contributed by atoms with Crippen LogP contribution in [-0.2, 0) is 13.3 Å². The van der Waals surface area contributed by atoms with Crippen molar-refractivity contribution >= 4 is 47.0 Å². The number of aromatic hydroxyl groups is 1. The molecule has 3 aromatic rings. The zero-order valence-corrected chi connectivity index (χ0v) is 17.9. The number of fused-ring (bicyclic) bond motifs is 1. The van der Waals surface area contributed by atoms with Crippen molar-refractivity contribution in [2.45, 2.75) is 20.8 Å². The summed E-state index contributed by atoms with van der Waals surface area (Å²) >= 11 is -5.09. The first kappa shape index (κ1) is 22.3. The number of amides is 1. The number of nitrogens with zero attached hydrogens (tertiary/aromatic N) is 1. The number of aryl methyl sites for hydroxylation is 1. The van der Waals surface area contributed by atoms with Crippen LogP contribution in [0.2, 0.25) is 0 Å². The molecule has 0 radical (unpaired) electrons. The Bertz CT molecular complexity index is 1100. The number of hydrogen-bond acceptors (Lipinski definition) is 5. The molecule has 4 N–H and O–H groups in total. The van der Waals surface area contributed by atoms with Crippen molar-refractivity contribution < 1.29 is 31.5 Å². The van der Waals surface area contributed by atoms with Gasteiger partial charge < -0.3 is 4.84 Å². The molecule has 0 bridgehead atoms. The number of phenols is 1. The van der Waals surface area contributed by atoms with Crippen LogP contribution in [0.4, 0.5) is 5.69 Å². The Morgan fingerprint density at radius 1 is 1.07 bits per heavy atom. The van der Waals surface area contributed by atoms with Gasteiger partial charge in [0.05, 0.1) is 11.2 Å². The summed E-state index contributed by atoms with van der Waals surface area (Å²) in [6.07, 6.45) is 0. The molecule has 0 saturated carbocycles. The van der Waals surface area contributed by atoms with Gasteiger partial charge in [0, 0.05) is 12.3 Å². The number of aromatic nitrogens is 1. The van der Waals surface area contributed by atoms with E-state index in [1.54, 1.807) is 4.73 Å². The van der Waals surface area contributed by atoms with Crippen LogP contribution in [0, 0.1) is 6.92 Å². The molecule has 0 aliphatic heterocycles. The average molecular weight is 464 g/mol. The SMILES string of the molecule is CC(=O)Nc1ccc([As](=O)(O)O)c(O)c1.CC(=O)On1c(C)cc2ccccc21. The molecule has 0 aliphatic rings. The summed E-state index contributed by atoms with van der Waals surface area (Å²) in [5.41, 5.74) is 2.12. The summed E-state index contributed by atoms with van der Waals surface area (Å²) in [5, 5.41) is 12.8. The van der Waals surface area contributed by atoms with Crippen molar-refractivity contribution in [3.05, 3.63) is 54.2 Å². The Kier molecular flexibility index (Phi) is 6.92. The van der Waals surface area contributed by atoms with Gasteiger partial charge in [0.15, 0.2) is 0 Å². The average Bonchev–Trinajstić information content (AvgIpc) is 2.89. The third kappa shape index (κ3) is 5.99. The largest absolute Gasteiger partial charge is 0.337 e. The fourth-order valence-electron chi connectivity index (χ4n) is 2.57. The second-order valence-corrected chi connectivity index (χ2v) is 9.44. The van der Waals surface area contributed by atoms with Crippen molar-refractivity contribution in [1.29, 1.82) is 0 Å². The first-order valence-corrected chi connectivity index (χ1v) is 11.8. The zero-order chi connectivity index (χ0) is 21.8. The van der Waals surface area contributed by atoms with Crippen molar-refractivity contribution in [2.24, 2.45) is 0 Å². The number of para-hydroxylation sites is 1. The van der Waals surface area contributed by atoms with E-state index < -0.39 is 24.3 Å². The monoisotopic (exact) mass is 464 g/mol. The minimum atomic E-state index is -5.09. The Labute approximate surface area is 169 Å². The first-order chi connectivity index (χ1) is 13.5. The molecule has 3 rings (SSSR count). The van der Waals surface area contributed by atoms with Gasteiger partial charge in [0.1, 0.15) is 0 Å². The number of rotatable bonds is 3. The number of nitrogens with one attached hydrogen (secondary N) is 1. The number of hydrogen-bond donors (Lipinski definition) is 4. The van der Waals surface area contributed by atoms with Crippen LogP contribution in [0.1, 0.15) is 19.5 Å². The van der Waals surface area contributed by atoms with E-state index in [0.29, 0.717) is 0 Å². The van der Waals surface area contributed by atoms with Crippen LogP contribution < -0.4 is 14.5 Å². The van der Waals surface area contributed by atoms with Crippen molar-refractivity contribution in [3.8, 4) is 5.75 Å². The number of anilines is 1. The first-order valence-electron chi connectivity index (χ1n) is 8.41. The molecule has 0 saturated heterocycles. The Balaban J connectivity index is 0.000000207. The molecule has 10 heteroatoms. The summed E-state index contributed by atoms with van der Waals surface area (Å²) in [4.78, 5) is 26.6. The number of benzene rings is 2. The van der Waals surface area contributed by atoms with Gasteiger partial charge in [-0.2, -0.15) is 4.73 Å². The minimum Gasteiger partial charge on any atom is -0.337 e. The van der Waals surface area contributed by atoms with E-state index in [1.165, 1.54) is 19.9 Å². The van der Waals surface area contributed by atoms with Crippen molar-refractivity contribution in [2.75, 3.05) is 5.32 Å². The van der Waals surface area contributed by atoms with Crippen LogP contribution in [0.25, 0.3) is 10.9 Å². The molecule has 2 aromatic carbocycles. The molecule has 154 valence electrons. The third-order valence-electron chi connectivity index (χ3n) is 3.67. The molecule has 0 unspecified atom stereocenters. The molecule has 0 aliphatic carbocycles. The third-order valence-corrected chi connectivity index (χ3v) is 5.78. The van der Waals surface area contributed by atoms with Gasteiger partial charge in [-0.15, -0.1) is 0 Å². The Morgan fingerprint density at radius 3 is 2.28 bits per heavy atom. The Hall–Kier alpha value is -3.00.